The summed E-state index contributed by atoms with van der Waals surface area (Å²) in [5, 5.41) is 10.0. The third-order valence-corrected chi connectivity index (χ3v) is 4.36. The second kappa shape index (κ2) is 4.72. The predicted octanol–water partition coefficient (Wildman–Crippen LogP) is 0.799. The fraction of sp³-hybridized carbons (Fsp3) is 0.250. The van der Waals surface area contributed by atoms with Gasteiger partial charge in [-0.2, -0.15) is 0 Å². The van der Waals surface area contributed by atoms with Crippen molar-refractivity contribution in [1.29, 1.82) is 0 Å². The molecular weight excluding hydrogens is 270 g/mol. The molecule has 1 amide bonds. The lowest BCUT2D eigenvalue weighted by Gasteiger charge is -2.06. The molecule has 94 valence electrons. The van der Waals surface area contributed by atoms with Crippen molar-refractivity contribution >= 4 is 33.4 Å². The molecule has 0 aliphatic carbocycles. The average Bonchev–Trinajstić information content (AvgIpc) is 2.60. The lowest BCUT2D eigenvalue weighted by Crippen LogP contribution is -2.31. The highest BCUT2D eigenvalue weighted by atomic mass is 32.2. The van der Waals surface area contributed by atoms with Crippen molar-refractivity contribution in [3.8, 4) is 0 Å². The van der Waals surface area contributed by atoms with Crippen molar-refractivity contribution in [2.24, 2.45) is 0 Å². The smallest absolute Gasteiger partial charge is 0.420 e. The van der Waals surface area contributed by atoms with Crippen LogP contribution in [-0.4, -0.2) is 32.7 Å². The summed E-state index contributed by atoms with van der Waals surface area (Å²) in [5.74, 6) is -1.38. The van der Waals surface area contributed by atoms with E-state index in [9.17, 15) is 18.0 Å². The number of amides is 1. The van der Waals surface area contributed by atoms with E-state index in [-0.39, 0.29) is 10.4 Å². The van der Waals surface area contributed by atoms with E-state index in [0.717, 1.165) is 18.4 Å². The third kappa shape index (κ3) is 2.74. The number of carboxylic acids is 1. The highest BCUT2D eigenvalue weighted by Gasteiger charge is 2.28. The normalized spacial score (nSPS) is 10.9. The van der Waals surface area contributed by atoms with Crippen molar-refractivity contribution < 1.29 is 27.9 Å². The maximum atomic E-state index is 11.7. The molecule has 1 aromatic heterocycles. The Labute approximate surface area is 101 Å². The molecule has 7 nitrogen and oxygen atoms in total. The van der Waals surface area contributed by atoms with E-state index in [1.807, 2.05) is 0 Å². The van der Waals surface area contributed by atoms with E-state index in [2.05, 4.69) is 4.74 Å². The van der Waals surface area contributed by atoms with E-state index in [1.165, 1.54) is 12.3 Å². The van der Waals surface area contributed by atoms with Gasteiger partial charge >= 0.3 is 12.1 Å². The Balaban J connectivity index is 3.28. The minimum atomic E-state index is -4.23. The number of aryl methyl sites for hydroxylation is 1. The molecule has 0 saturated carbocycles. The summed E-state index contributed by atoms with van der Waals surface area (Å²) < 4.78 is 29.2. The van der Waals surface area contributed by atoms with Gasteiger partial charge in [0.1, 0.15) is 4.90 Å². The van der Waals surface area contributed by atoms with Gasteiger partial charge in [-0.15, -0.1) is 11.3 Å². The molecule has 9 heteroatoms. The predicted molar refractivity (Wildman–Crippen MR) is 58.7 cm³/mol. The van der Waals surface area contributed by atoms with Crippen molar-refractivity contribution in [3.05, 3.63) is 15.8 Å². The van der Waals surface area contributed by atoms with Gasteiger partial charge in [0.15, 0.2) is 0 Å². The summed E-state index contributed by atoms with van der Waals surface area (Å²) >= 11 is 0.969. The van der Waals surface area contributed by atoms with Crippen LogP contribution in [0.25, 0.3) is 0 Å². The monoisotopic (exact) mass is 279 g/mol. The number of carbonyl (C=O) groups excluding carboxylic acids is 1. The van der Waals surface area contributed by atoms with Crippen LogP contribution in [0.5, 0.6) is 0 Å². The van der Waals surface area contributed by atoms with E-state index >= 15 is 0 Å². The molecule has 0 aliphatic heterocycles. The Kier molecular flexibility index (Phi) is 3.73. The molecule has 0 spiro atoms. The molecule has 0 aromatic carbocycles. The summed E-state index contributed by atoms with van der Waals surface area (Å²) in [6.07, 6.45) is -1.17. The second-order valence-electron chi connectivity index (χ2n) is 2.94. The number of aromatic carboxylic acids is 1. The van der Waals surface area contributed by atoms with Crippen LogP contribution in [0, 0.1) is 6.92 Å². The van der Waals surface area contributed by atoms with E-state index in [4.69, 9.17) is 5.11 Å². The Morgan fingerprint density at radius 2 is 2.06 bits per heavy atom. The number of hydrogen-bond acceptors (Lipinski definition) is 6. The summed E-state index contributed by atoms with van der Waals surface area (Å²) in [4.78, 5) is 21.6. The summed E-state index contributed by atoms with van der Waals surface area (Å²) in [6.45, 7) is 1.45. The summed E-state index contributed by atoms with van der Waals surface area (Å²) in [5.41, 5.74) is -0.371. The molecule has 1 heterocycles. The van der Waals surface area contributed by atoms with Gasteiger partial charge < -0.3 is 9.84 Å². The first-order valence-corrected chi connectivity index (χ1v) is 6.58. The van der Waals surface area contributed by atoms with Crippen LogP contribution in [0.4, 0.5) is 4.79 Å². The number of ether oxygens (including phenoxy) is 1. The van der Waals surface area contributed by atoms with Crippen molar-refractivity contribution in [3.63, 3.8) is 0 Å². The van der Waals surface area contributed by atoms with Gasteiger partial charge in [-0.3, -0.25) is 0 Å². The SMILES string of the molecule is COC(=O)NS(=O)(=O)c1c(C(=O)O)csc1C. The Hall–Kier alpha value is -1.61. The first kappa shape index (κ1) is 13.5. The minimum Gasteiger partial charge on any atom is -0.478 e. The molecule has 1 rings (SSSR count). The molecule has 0 radical (unpaired) electrons. The molecule has 0 unspecified atom stereocenters. The fourth-order valence-corrected chi connectivity index (χ4v) is 3.63. The van der Waals surface area contributed by atoms with Crippen LogP contribution in [0.3, 0.4) is 0 Å². The van der Waals surface area contributed by atoms with Crippen LogP contribution in [-0.2, 0) is 14.8 Å². The summed E-state index contributed by atoms with van der Waals surface area (Å²) in [7, 11) is -3.23. The van der Waals surface area contributed by atoms with E-state index in [1.54, 1.807) is 4.72 Å². The van der Waals surface area contributed by atoms with Gasteiger partial charge in [-0.1, -0.05) is 0 Å². The quantitative estimate of drug-likeness (QED) is 0.846. The Bertz CT molecular complexity index is 559. The highest BCUT2D eigenvalue weighted by Crippen LogP contribution is 2.26. The largest absolute Gasteiger partial charge is 0.478 e. The molecular formula is C8H9NO6S2. The van der Waals surface area contributed by atoms with Crippen LogP contribution in [0.1, 0.15) is 15.2 Å². The van der Waals surface area contributed by atoms with Crippen LogP contribution < -0.4 is 4.72 Å². The maximum Gasteiger partial charge on any atom is 0.420 e. The van der Waals surface area contributed by atoms with Crippen LogP contribution >= 0.6 is 11.3 Å². The molecule has 1 aromatic rings. The molecule has 17 heavy (non-hydrogen) atoms. The number of sulfonamides is 1. The maximum absolute atomic E-state index is 11.7. The van der Waals surface area contributed by atoms with Crippen LogP contribution in [0.15, 0.2) is 10.3 Å². The molecule has 0 atom stereocenters. The Morgan fingerprint density at radius 1 is 1.47 bits per heavy atom. The van der Waals surface area contributed by atoms with Gasteiger partial charge in [0.25, 0.3) is 10.0 Å². The zero-order valence-electron chi connectivity index (χ0n) is 8.88. The number of rotatable bonds is 3. The average molecular weight is 279 g/mol. The van der Waals surface area contributed by atoms with Gasteiger partial charge in [0.05, 0.1) is 12.7 Å². The number of carbonyl (C=O) groups is 2. The summed E-state index contributed by atoms with van der Waals surface area (Å²) in [6, 6.07) is 0. The van der Waals surface area contributed by atoms with Crippen LogP contribution in [0.2, 0.25) is 0 Å². The first-order chi connectivity index (χ1) is 7.79. The molecule has 0 bridgehead atoms. The van der Waals surface area contributed by atoms with Gasteiger partial charge in [0.2, 0.25) is 0 Å². The lowest BCUT2D eigenvalue weighted by atomic mass is 10.3. The van der Waals surface area contributed by atoms with Gasteiger partial charge in [-0.25, -0.2) is 22.7 Å². The van der Waals surface area contributed by atoms with E-state index in [0.29, 0.717) is 0 Å². The van der Waals surface area contributed by atoms with Gasteiger partial charge in [-0.05, 0) is 6.92 Å². The number of hydrogen-bond donors (Lipinski definition) is 2. The van der Waals surface area contributed by atoms with Gasteiger partial charge in [0, 0.05) is 10.3 Å². The molecule has 0 aliphatic rings. The highest BCUT2D eigenvalue weighted by molar-refractivity contribution is 7.90. The molecule has 0 saturated heterocycles. The Morgan fingerprint density at radius 3 is 2.53 bits per heavy atom. The van der Waals surface area contributed by atoms with Crippen molar-refractivity contribution in [2.75, 3.05) is 7.11 Å². The number of methoxy groups -OCH3 is 1. The first-order valence-electron chi connectivity index (χ1n) is 4.21. The lowest BCUT2D eigenvalue weighted by molar-refractivity contribution is 0.0693. The van der Waals surface area contributed by atoms with Crippen molar-refractivity contribution in [2.45, 2.75) is 11.8 Å². The zero-order valence-corrected chi connectivity index (χ0v) is 10.5. The van der Waals surface area contributed by atoms with Crippen molar-refractivity contribution in [1.82, 2.24) is 4.72 Å². The second-order valence-corrected chi connectivity index (χ2v) is 5.64. The zero-order chi connectivity index (χ0) is 13.2. The standard InChI is InChI=1S/C8H9NO6S2/c1-4-6(5(3-16-4)7(10)11)17(13,14)9-8(12)15-2/h3H,1-2H3,(H,9,12)(H,10,11). The fourth-order valence-electron chi connectivity index (χ4n) is 1.13. The molecule has 0 fully saturated rings. The minimum absolute atomic E-state index is 0.277. The van der Waals surface area contributed by atoms with E-state index < -0.39 is 27.0 Å². The third-order valence-electron chi connectivity index (χ3n) is 1.82. The molecule has 2 N–H and O–H groups in total. The number of nitrogens with one attached hydrogen (secondary N) is 1. The number of carboxylic acid groups (broad SMARTS) is 1. The number of thiophene rings is 1. The topological polar surface area (TPSA) is 110 Å².